The molecular weight excluding hydrogens is 518 g/mol. The van der Waals surface area contributed by atoms with E-state index >= 15 is 0 Å². The van der Waals surface area contributed by atoms with Gasteiger partial charge in [0.25, 0.3) is 5.91 Å². The standard InChI is InChI=1S/C28H33N5O7/c1-33-17-19(31-28(38)30-16-18-7-5-4-6-8-18)13-23(33)27(37)29-12-11-25(34)32-22(15-26(35)36)21-14-20(39-2)9-10-24(21)40-3/h4-10,13-14,17,22H,11-12,15-16H2,1-3H3,(H,29,37)(H,32,34)(H,35,36)(H2,30,31,38). The highest BCUT2D eigenvalue weighted by Crippen LogP contribution is 2.31. The molecule has 1 atom stereocenters. The number of aromatic nitrogens is 1. The summed E-state index contributed by atoms with van der Waals surface area (Å²) in [5, 5.41) is 20.2. The number of ether oxygens (including phenoxy) is 2. The Balaban J connectivity index is 1.53. The highest BCUT2D eigenvalue weighted by molar-refractivity contribution is 5.96. The Kier molecular flexibility index (Phi) is 10.5. The minimum absolute atomic E-state index is 0.00517. The summed E-state index contributed by atoms with van der Waals surface area (Å²) in [6, 6.07) is 14.6. The van der Waals surface area contributed by atoms with Crippen molar-refractivity contribution in [2.24, 2.45) is 7.05 Å². The van der Waals surface area contributed by atoms with E-state index in [0.717, 1.165) is 5.56 Å². The van der Waals surface area contributed by atoms with E-state index in [0.29, 0.717) is 29.3 Å². The summed E-state index contributed by atoms with van der Waals surface area (Å²) in [7, 11) is 4.58. The highest BCUT2D eigenvalue weighted by Gasteiger charge is 2.22. The van der Waals surface area contributed by atoms with E-state index in [-0.39, 0.29) is 25.1 Å². The number of rotatable bonds is 13. The Bertz CT molecular complexity index is 1340. The van der Waals surface area contributed by atoms with Gasteiger partial charge in [-0.1, -0.05) is 30.3 Å². The molecule has 3 rings (SSSR count). The van der Waals surface area contributed by atoms with Gasteiger partial charge in [-0.2, -0.15) is 0 Å². The van der Waals surface area contributed by atoms with Gasteiger partial charge in [0.2, 0.25) is 5.91 Å². The molecule has 0 spiro atoms. The van der Waals surface area contributed by atoms with Crippen molar-refractivity contribution in [3.05, 3.63) is 77.6 Å². The number of urea groups is 1. The number of benzene rings is 2. The van der Waals surface area contributed by atoms with Crippen molar-refractivity contribution >= 4 is 29.5 Å². The monoisotopic (exact) mass is 551 g/mol. The second kappa shape index (κ2) is 14.2. The molecule has 0 aliphatic heterocycles. The largest absolute Gasteiger partial charge is 0.497 e. The van der Waals surface area contributed by atoms with Gasteiger partial charge in [0.1, 0.15) is 17.2 Å². The first-order chi connectivity index (χ1) is 19.2. The Hall–Kier alpha value is -5.00. The molecular formula is C28H33N5O7. The van der Waals surface area contributed by atoms with E-state index in [9.17, 15) is 24.3 Å². The number of nitrogens with one attached hydrogen (secondary N) is 4. The summed E-state index contributed by atoms with van der Waals surface area (Å²) in [4.78, 5) is 49.0. The number of nitrogens with zero attached hydrogens (tertiary/aromatic N) is 1. The Morgan fingerprint density at radius 3 is 2.40 bits per heavy atom. The number of hydrogen-bond acceptors (Lipinski definition) is 6. The van der Waals surface area contributed by atoms with Crippen LogP contribution in [0, 0.1) is 0 Å². The summed E-state index contributed by atoms with van der Waals surface area (Å²) in [5.74, 6) is -1.11. The molecule has 12 heteroatoms. The van der Waals surface area contributed by atoms with Crippen molar-refractivity contribution in [2.75, 3.05) is 26.1 Å². The summed E-state index contributed by atoms with van der Waals surface area (Å²) >= 11 is 0. The maximum absolute atomic E-state index is 12.7. The molecule has 212 valence electrons. The van der Waals surface area contributed by atoms with Crippen LogP contribution in [-0.4, -0.2) is 54.3 Å². The second-order valence-corrected chi connectivity index (χ2v) is 8.85. The third-order valence-electron chi connectivity index (χ3n) is 5.96. The maximum atomic E-state index is 12.7. The lowest BCUT2D eigenvalue weighted by Crippen LogP contribution is -2.34. The van der Waals surface area contributed by atoms with Gasteiger partial charge < -0.3 is 40.4 Å². The number of methoxy groups -OCH3 is 2. The van der Waals surface area contributed by atoms with Gasteiger partial charge in [0.15, 0.2) is 0 Å². The lowest BCUT2D eigenvalue weighted by atomic mass is 10.0. The summed E-state index contributed by atoms with van der Waals surface area (Å²) in [6.07, 6.45) is 1.13. The zero-order chi connectivity index (χ0) is 29.1. The number of carbonyl (C=O) groups is 4. The van der Waals surface area contributed by atoms with E-state index in [2.05, 4.69) is 21.3 Å². The molecule has 0 saturated heterocycles. The molecule has 12 nitrogen and oxygen atoms in total. The van der Waals surface area contributed by atoms with Crippen LogP contribution in [0.4, 0.5) is 10.5 Å². The van der Waals surface area contributed by atoms with Crippen molar-refractivity contribution in [3.8, 4) is 11.5 Å². The van der Waals surface area contributed by atoms with Crippen LogP contribution in [0.5, 0.6) is 11.5 Å². The molecule has 1 heterocycles. The zero-order valence-corrected chi connectivity index (χ0v) is 22.5. The Morgan fingerprint density at radius 1 is 0.975 bits per heavy atom. The molecule has 1 aromatic heterocycles. The van der Waals surface area contributed by atoms with Crippen LogP contribution in [0.1, 0.15) is 40.5 Å². The predicted octanol–water partition coefficient (Wildman–Crippen LogP) is 2.82. The van der Waals surface area contributed by atoms with Crippen molar-refractivity contribution in [2.45, 2.75) is 25.4 Å². The second-order valence-electron chi connectivity index (χ2n) is 8.85. The molecule has 0 radical (unpaired) electrons. The minimum Gasteiger partial charge on any atom is -0.497 e. The summed E-state index contributed by atoms with van der Waals surface area (Å²) in [6.45, 7) is 0.359. The summed E-state index contributed by atoms with van der Waals surface area (Å²) < 4.78 is 12.1. The maximum Gasteiger partial charge on any atom is 0.319 e. The van der Waals surface area contributed by atoms with Gasteiger partial charge in [0, 0.05) is 38.3 Å². The quantitative estimate of drug-likeness (QED) is 0.218. The SMILES string of the molecule is COc1ccc(OC)c(C(CC(=O)O)NC(=O)CCNC(=O)c2cc(NC(=O)NCc3ccccc3)cn2C)c1. The van der Waals surface area contributed by atoms with Crippen LogP contribution < -0.4 is 30.7 Å². The van der Waals surface area contributed by atoms with Crippen molar-refractivity contribution in [1.29, 1.82) is 0 Å². The van der Waals surface area contributed by atoms with E-state index < -0.39 is 29.9 Å². The molecule has 0 aliphatic rings. The average molecular weight is 552 g/mol. The van der Waals surface area contributed by atoms with Crippen LogP contribution >= 0.6 is 0 Å². The zero-order valence-electron chi connectivity index (χ0n) is 22.5. The number of carbonyl (C=O) groups excluding carboxylic acids is 3. The molecule has 4 amide bonds. The van der Waals surface area contributed by atoms with Crippen LogP contribution in [-0.2, 0) is 23.2 Å². The fourth-order valence-electron chi connectivity index (χ4n) is 3.98. The number of aryl methyl sites for hydroxylation is 1. The number of hydrogen-bond donors (Lipinski definition) is 5. The molecule has 0 aliphatic carbocycles. The molecule has 40 heavy (non-hydrogen) atoms. The first kappa shape index (κ1) is 29.6. The Morgan fingerprint density at radius 2 is 1.73 bits per heavy atom. The normalized spacial score (nSPS) is 11.2. The van der Waals surface area contributed by atoms with Crippen LogP contribution in [0.3, 0.4) is 0 Å². The summed E-state index contributed by atoms with van der Waals surface area (Å²) in [5.41, 5.74) is 2.12. The molecule has 3 aromatic rings. The van der Waals surface area contributed by atoms with E-state index in [1.54, 1.807) is 36.0 Å². The third-order valence-corrected chi connectivity index (χ3v) is 5.96. The van der Waals surface area contributed by atoms with Gasteiger partial charge in [-0.15, -0.1) is 0 Å². The van der Waals surface area contributed by atoms with Crippen molar-refractivity contribution in [1.82, 2.24) is 20.5 Å². The first-order valence-corrected chi connectivity index (χ1v) is 12.5. The van der Waals surface area contributed by atoms with E-state index in [1.165, 1.54) is 20.3 Å². The number of amides is 4. The molecule has 0 saturated carbocycles. The first-order valence-electron chi connectivity index (χ1n) is 12.5. The fraction of sp³-hybridized carbons (Fsp3) is 0.286. The van der Waals surface area contributed by atoms with Gasteiger partial charge >= 0.3 is 12.0 Å². The van der Waals surface area contributed by atoms with Gasteiger partial charge in [0.05, 0.1) is 32.4 Å². The predicted molar refractivity (Wildman–Crippen MR) is 147 cm³/mol. The number of carboxylic acid groups (broad SMARTS) is 1. The topological polar surface area (TPSA) is 160 Å². The molecule has 1 unspecified atom stereocenters. The Labute approximate surface area is 231 Å². The fourth-order valence-corrected chi connectivity index (χ4v) is 3.98. The highest BCUT2D eigenvalue weighted by atomic mass is 16.5. The number of carboxylic acids is 1. The van der Waals surface area contributed by atoms with Crippen molar-refractivity contribution in [3.63, 3.8) is 0 Å². The van der Waals surface area contributed by atoms with E-state index in [1.807, 2.05) is 30.3 Å². The number of anilines is 1. The van der Waals surface area contributed by atoms with Gasteiger partial charge in [-0.3, -0.25) is 14.4 Å². The van der Waals surface area contributed by atoms with Crippen LogP contribution in [0.2, 0.25) is 0 Å². The lowest BCUT2D eigenvalue weighted by Gasteiger charge is -2.20. The van der Waals surface area contributed by atoms with Crippen LogP contribution in [0.25, 0.3) is 0 Å². The van der Waals surface area contributed by atoms with Gasteiger partial charge in [-0.25, -0.2) is 4.79 Å². The van der Waals surface area contributed by atoms with E-state index in [4.69, 9.17) is 9.47 Å². The minimum atomic E-state index is -1.11. The molecule has 5 N–H and O–H groups in total. The molecule has 0 bridgehead atoms. The van der Waals surface area contributed by atoms with Crippen molar-refractivity contribution < 1.29 is 33.8 Å². The number of aliphatic carboxylic acids is 1. The third kappa shape index (κ3) is 8.51. The van der Waals surface area contributed by atoms with Gasteiger partial charge in [-0.05, 0) is 29.8 Å². The average Bonchev–Trinajstić information content (AvgIpc) is 3.31. The van der Waals surface area contributed by atoms with Crippen LogP contribution in [0.15, 0.2) is 60.8 Å². The molecule has 0 fully saturated rings. The lowest BCUT2D eigenvalue weighted by molar-refractivity contribution is -0.137. The molecule has 2 aromatic carbocycles. The smallest absolute Gasteiger partial charge is 0.319 e.